The highest BCUT2D eigenvalue weighted by Crippen LogP contribution is 2.41. The zero-order valence-corrected chi connectivity index (χ0v) is 27.6. The maximum absolute atomic E-state index is 13.9. The van der Waals surface area contributed by atoms with Gasteiger partial charge in [0.25, 0.3) is 5.91 Å². The number of carbonyl (C=O) groups excluding carboxylic acids is 2. The summed E-state index contributed by atoms with van der Waals surface area (Å²) < 4.78 is 48.6. The molecule has 0 aliphatic carbocycles. The van der Waals surface area contributed by atoms with Crippen molar-refractivity contribution in [2.24, 2.45) is 11.8 Å². The van der Waals surface area contributed by atoms with Crippen LogP contribution in [0, 0.1) is 11.8 Å². The lowest BCUT2D eigenvalue weighted by molar-refractivity contribution is -0.142. The number of benzene rings is 2. The predicted octanol–water partition coefficient (Wildman–Crippen LogP) is 5.67. The number of alkyl halides is 3. The number of hydrogen-bond acceptors (Lipinski definition) is 6. The highest BCUT2D eigenvalue weighted by Gasteiger charge is 2.38. The van der Waals surface area contributed by atoms with Crippen molar-refractivity contribution in [2.45, 2.75) is 63.3 Å². The standard InChI is InChI=1S/C34H41ClF3N5O5/c1-40-12-6-22(7-13-40)23-8-14-41(15-9-23)31(45)29(20-21-18-25(34(36,37)38)30(44)26(35)19-21)48-33(47)42-16-10-24(11-17-42)43-28-5-3-2-4-27(28)39-32(43)46/h2-5,18-19,22-24,29,44H,6-17,20H2,1H3,(H,39,46)/t29-/m1/s1. The Bertz CT molecular complexity index is 1690. The molecule has 10 nitrogen and oxygen atoms in total. The number of carbonyl (C=O) groups is 2. The Kier molecular flexibility index (Phi) is 9.98. The van der Waals surface area contributed by atoms with E-state index in [0.29, 0.717) is 37.8 Å². The summed E-state index contributed by atoms with van der Waals surface area (Å²) in [6.45, 7) is 3.57. The number of aromatic amines is 1. The van der Waals surface area contributed by atoms with Gasteiger partial charge in [-0.3, -0.25) is 9.36 Å². The topological polar surface area (TPSA) is 111 Å². The minimum absolute atomic E-state index is 0.00917. The molecule has 0 spiro atoms. The van der Waals surface area contributed by atoms with E-state index in [1.165, 1.54) is 4.90 Å². The first-order valence-corrected chi connectivity index (χ1v) is 17.0. The van der Waals surface area contributed by atoms with Crippen LogP contribution >= 0.6 is 11.6 Å². The Labute approximate surface area is 281 Å². The van der Waals surface area contributed by atoms with Crippen LogP contribution in [0.25, 0.3) is 11.0 Å². The molecule has 2 aromatic carbocycles. The smallest absolute Gasteiger partial charge is 0.420 e. The van der Waals surface area contributed by atoms with Gasteiger partial charge in [-0.15, -0.1) is 0 Å². The lowest BCUT2D eigenvalue weighted by Gasteiger charge is -2.40. The van der Waals surface area contributed by atoms with Crippen LogP contribution in [-0.2, 0) is 22.1 Å². The summed E-state index contributed by atoms with van der Waals surface area (Å²) in [4.78, 5) is 48.4. The summed E-state index contributed by atoms with van der Waals surface area (Å²) >= 11 is 5.98. The number of ether oxygens (including phenoxy) is 1. The number of imidazole rings is 1. The van der Waals surface area contributed by atoms with Crippen LogP contribution in [0.2, 0.25) is 5.02 Å². The van der Waals surface area contributed by atoms with E-state index in [2.05, 4.69) is 16.9 Å². The molecule has 1 aromatic heterocycles. The molecule has 1 atom stereocenters. The molecule has 0 unspecified atom stereocenters. The van der Waals surface area contributed by atoms with Crippen LogP contribution in [-0.4, -0.2) is 93.8 Å². The first-order chi connectivity index (χ1) is 22.9. The number of piperidine rings is 3. The molecule has 3 aliphatic rings. The molecule has 6 rings (SSSR count). The lowest BCUT2D eigenvalue weighted by atomic mass is 9.79. The third-order valence-corrected chi connectivity index (χ3v) is 10.6. The molecule has 3 saturated heterocycles. The quantitative estimate of drug-likeness (QED) is 0.345. The number of phenolic OH excluding ortho intramolecular Hbond substituents is 1. The van der Waals surface area contributed by atoms with Crippen LogP contribution in [0.4, 0.5) is 18.0 Å². The number of para-hydroxylation sites is 2. The molecule has 2 amide bonds. The fraction of sp³-hybridized carbons (Fsp3) is 0.559. The zero-order valence-electron chi connectivity index (χ0n) is 26.8. The van der Waals surface area contributed by atoms with E-state index in [4.69, 9.17) is 16.3 Å². The summed E-state index contributed by atoms with van der Waals surface area (Å²) in [7, 11) is 2.12. The van der Waals surface area contributed by atoms with Crippen molar-refractivity contribution in [1.29, 1.82) is 0 Å². The van der Waals surface area contributed by atoms with E-state index < -0.39 is 40.6 Å². The molecule has 3 aliphatic heterocycles. The van der Waals surface area contributed by atoms with Crippen molar-refractivity contribution in [3.05, 3.63) is 63.0 Å². The number of phenols is 1. The number of nitrogens with zero attached hydrogens (tertiary/aromatic N) is 4. The number of halogens is 4. The molecule has 4 heterocycles. The number of H-pyrrole nitrogens is 1. The first kappa shape index (κ1) is 34.2. The van der Waals surface area contributed by atoms with E-state index in [9.17, 15) is 32.7 Å². The molecule has 14 heteroatoms. The van der Waals surface area contributed by atoms with E-state index in [1.807, 2.05) is 24.3 Å². The van der Waals surface area contributed by atoms with Crippen LogP contribution in [0.1, 0.15) is 55.7 Å². The second kappa shape index (κ2) is 14.0. The fourth-order valence-electron chi connectivity index (χ4n) is 7.62. The van der Waals surface area contributed by atoms with Gasteiger partial charge in [0.05, 0.1) is 21.6 Å². The zero-order chi connectivity index (χ0) is 34.2. The number of nitrogens with one attached hydrogen (secondary N) is 1. The second-order valence-electron chi connectivity index (χ2n) is 13.4. The van der Waals surface area contributed by atoms with Gasteiger partial charge in [0.15, 0.2) is 6.10 Å². The van der Waals surface area contributed by atoms with Gasteiger partial charge in [-0.1, -0.05) is 23.7 Å². The molecular weight excluding hydrogens is 651 g/mol. The van der Waals surface area contributed by atoms with E-state index in [-0.39, 0.29) is 36.8 Å². The molecule has 3 fully saturated rings. The van der Waals surface area contributed by atoms with Crippen molar-refractivity contribution in [3.63, 3.8) is 0 Å². The molecular formula is C34H41ClF3N5O5. The van der Waals surface area contributed by atoms with E-state index in [0.717, 1.165) is 61.9 Å². The highest BCUT2D eigenvalue weighted by molar-refractivity contribution is 6.32. The SMILES string of the molecule is CN1CCC(C2CCN(C(=O)[C@@H](Cc3cc(Cl)c(O)c(C(F)(F)F)c3)OC(=O)N3CCC(n4c(=O)[nH]c5ccccc54)CC3)CC2)CC1. The summed E-state index contributed by atoms with van der Waals surface area (Å²) in [5.74, 6) is -0.487. The first-order valence-electron chi connectivity index (χ1n) is 16.6. The van der Waals surface area contributed by atoms with Crippen LogP contribution in [0.15, 0.2) is 41.2 Å². The maximum Gasteiger partial charge on any atom is 0.420 e. The van der Waals surface area contributed by atoms with E-state index in [1.54, 1.807) is 9.47 Å². The van der Waals surface area contributed by atoms with Crippen LogP contribution < -0.4 is 5.69 Å². The molecule has 3 aromatic rings. The summed E-state index contributed by atoms with van der Waals surface area (Å²) in [5, 5.41) is 9.48. The predicted molar refractivity (Wildman–Crippen MR) is 174 cm³/mol. The number of hydrogen-bond donors (Lipinski definition) is 2. The van der Waals surface area contributed by atoms with Crippen LogP contribution in [0.3, 0.4) is 0 Å². The Balaban J connectivity index is 1.16. The van der Waals surface area contributed by atoms with Crippen molar-refractivity contribution < 1.29 is 32.6 Å². The minimum atomic E-state index is -4.88. The largest absolute Gasteiger partial charge is 0.506 e. The molecule has 48 heavy (non-hydrogen) atoms. The van der Waals surface area contributed by atoms with Crippen molar-refractivity contribution in [1.82, 2.24) is 24.3 Å². The monoisotopic (exact) mass is 691 g/mol. The van der Waals surface area contributed by atoms with E-state index >= 15 is 0 Å². The van der Waals surface area contributed by atoms with Crippen molar-refractivity contribution >= 4 is 34.6 Å². The van der Waals surface area contributed by atoms with Gasteiger partial charge in [-0.05, 0) is 100 Å². The molecule has 0 bridgehead atoms. The van der Waals surface area contributed by atoms with Gasteiger partial charge in [0.2, 0.25) is 0 Å². The van der Waals surface area contributed by atoms with Crippen molar-refractivity contribution in [2.75, 3.05) is 46.3 Å². The number of likely N-dealkylation sites (tertiary alicyclic amines) is 3. The summed E-state index contributed by atoms with van der Waals surface area (Å²) in [5.41, 5.74) is -0.0390. The van der Waals surface area contributed by atoms with Gasteiger partial charge < -0.3 is 29.5 Å². The van der Waals surface area contributed by atoms with Crippen LogP contribution in [0.5, 0.6) is 5.75 Å². The number of fused-ring (bicyclic) bond motifs is 1. The van der Waals surface area contributed by atoms with Gasteiger partial charge >= 0.3 is 18.0 Å². The Hall–Kier alpha value is -3.71. The number of rotatable bonds is 6. The number of amides is 2. The van der Waals surface area contributed by atoms with Gasteiger partial charge in [-0.25, -0.2) is 9.59 Å². The normalized spacial score (nSPS) is 19.9. The molecule has 0 radical (unpaired) electrons. The Morgan fingerprint density at radius 3 is 2.21 bits per heavy atom. The summed E-state index contributed by atoms with van der Waals surface area (Å²) in [6.07, 6.45) is -2.57. The van der Waals surface area contributed by atoms with Gasteiger partial charge in [-0.2, -0.15) is 13.2 Å². The molecule has 2 N–H and O–H groups in total. The third kappa shape index (κ3) is 7.31. The molecule has 260 valence electrons. The Morgan fingerprint density at radius 2 is 1.56 bits per heavy atom. The number of aromatic hydroxyl groups is 1. The third-order valence-electron chi connectivity index (χ3n) is 10.4. The average molecular weight is 692 g/mol. The summed E-state index contributed by atoms with van der Waals surface area (Å²) in [6, 6.07) is 9.14. The average Bonchev–Trinajstić information content (AvgIpc) is 3.41. The van der Waals surface area contributed by atoms with Gasteiger partial charge in [0.1, 0.15) is 5.75 Å². The lowest BCUT2D eigenvalue weighted by Crippen LogP contribution is -2.49. The molecule has 0 saturated carbocycles. The minimum Gasteiger partial charge on any atom is -0.506 e. The maximum atomic E-state index is 13.9. The highest BCUT2D eigenvalue weighted by atomic mass is 35.5. The Morgan fingerprint density at radius 1 is 0.958 bits per heavy atom. The number of aromatic nitrogens is 2. The van der Waals surface area contributed by atoms with Gasteiger partial charge in [0, 0.05) is 38.6 Å². The second-order valence-corrected chi connectivity index (χ2v) is 13.8. The van der Waals surface area contributed by atoms with Crippen molar-refractivity contribution in [3.8, 4) is 5.75 Å². The fourth-order valence-corrected chi connectivity index (χ4v) is 7.86.